The highest BCUT2D eigenvalue weighted by molar-refractivity contribution is 6.33. The SMILES string of the molecule is CCOC(C)(C(=O)NCc1ccc(Cl)c(-c2nc(-c3ccccc3)nc(=O)[nH]2)c1)C(F)(F)F. The number of ether oxygens (including phenoxy) is 1. The summed E-state index contributed by atoms with van der Waals surface area (Å²) in [7, 11) is 0. The summed E-state index contributed by atoms with van der Waals surface area (Å²) in [6.45, 7) is 1.52. The second-order valence-electron chi connectivity index (χ2n) is 7.15. The summed E-state index contributed by atoms with van der Waals surface area (Å²) >= 11 is 6.28. The molecule has 0 spiro atoms. The molecule has 1 amide bonds. The predicted octanol–water partition coefficient (Wildman–Crippen LogP) is 4.13. The van der Waals surface area contributed by atoms with Crippen LogP contribution in [-0.4, -0.2) is 39.2 Å². The van der Waals surface area contributed by atoms with E-state index in [0.29, 0.717) is 23.6 Å². The molecule has 1 aromatic heterocycles. The third-order valence-electron chi connectivity index (χ3n) is 4.83. The quantitative estimate of drug-likeness (QED) is 0.530. The number of carbonyl (C=O) groups excluding carboxylic acids is 1. The molecule has 7 nitrogen and oxygen atoms in total. The van der Waals surface area contributed by atoms with Crippen molar-refractivity contribution in [3.63, 3.8) is 0 Å². The minimum absolute atomic E-state index is 0.126. The molecule has 0 radical (unpaired) electrons. The Kier molecular flexibility index (Phi) is 7.19. The largest absolute Gasteiger partial charge is 0.426 e. The van der Waals surface area contributed by atoms with E-state index in [9.17, 15) is 22.8 Å². The third kappa shape index (κ3) is 5.40. The first-order chi connectivity index (χ1) is 15.5. The lowest BCUT2D eigenvalue weighted by Crippen LogP contribution is -2.56. The van der Waals surface area contributed by atoms with Gasteiger partial charge >= 0.3 is 11.9 Å². The van der Waals surface area contributed by atoms with Gasteiger partial charge < -0.3 is 10.1 Å². The van der Waals surface area contributed by atoms with Crippen LogP contribution in [0.25, 0.3) is 22.8 Å². The van der Waals surface area contributed by atoms with Crippen LogP contribution in [0.1, 0.15) is 19.4 Å². The molecular weight excluding hydrogens is 461 g/mol. The summed E-state index contributed by atoms with van der Waals surface area (Å²) in [6, 6.07) is 13.4. The topological polar surface area (TPSA) is 97.0 Å². The Morgan fingerprint density at radius 3 is 2.48 bits per heavy atom. The maximum absolute atomic E-state index is 13.4. The normalized spacial score (nSPS) is 13.4. The number of halogens is 4. The van der Waals surface area contributed by atoms with Crippen LogP contribution in [0.3, 0.4) is 0 Å². The monoisotopic (exact) mass is 480 g/mol. The molecule has 3 aromatic rings. The second-order valence-corrected chi connectivity index (χ2v) is 7.56. The zero-order valence-electron chi connectivity index (χ0n) is 17.7. The van der Waals surface area contributed by atoms with Crippen LogP contribution in [0.5, 0.6) is 0 Å². The minimum atomic E-state index is -4.90. The second kappa shape index (κ2) is 9.72. The minimum Gasteiger partial charge on any atom is -0.358 e. The first kappa shape index (κ1) is 24.4. The van der Waals surface area contributed by atoms with Gasteiger partial charge in [-0.25, -0.2) is 9.78 Å². The Labute approximate surface area is 192 Å². The van der Waals surface area contributed by atoms with E-state index >= 15 is 0 Å². The van der Waals surface area contributed by atoms with Crippen molar-refractivity contribution < 1.29 is 22.7 Å². The Balaban J connectivity index is 1.89. The number of carbonyl (C=O) groups is 1. The van der Waals surface area contributed by atoms with Crippen molar-refractivity contribution in [2.24, 2.45) is 0 Å². The van der Waals surface area contributed by atoms with Crippen LogP contribution >= 0.6 is 11.6 Å². The molecule has 0 fully saturated rings. The average Bonchev–Trinajstić information content (AvgIpc) is 2.77. The van der Waals surface area contributed by atoms with Crippen molar-refractivity contribution in [1.29, 1.82) is 0 Å². The molecule has 0 aliphatic rings. The summed E-state index contributed by atoms with van der Waals surface area (Å²) in [5.41, 5.74) is -2.26. The highest BCUT2D eigenvalue weighted by Gasteiger charge is 2.58. The fourth-order valence-electron chi connectivity index (χ4n) is 3.01. The van der Waals surface area contributed by atoms with E-state index in [0.717, 1.165) is 0 Å². The fraction of sp³-hybridized carbons (Fsp3) is 0.273. The molecule has 0 aliphatic carbocycles. The van der Waals surface area contributed by atoms with E-state index in [4.69, 9.17) is 16.3 Å². The average molecular weight is 481 g/mol. The van der Waals surface area contributed by atoms with Crippen LogP contribution in [0, 0.1) is 0 Å². The number of hydrogen-bond donors (Lipinski definition) is 2. The van der Waals surface area contributed by atoms with Crippen molar-refractivity contribution in [2.45, 2.75) is 32.2 Å². The highest BCUT2D eigenvalue weighted by atomic mass is 35.5. The summed E-state index contributed by atoms with van der Waals surface area (Å²) in [5.74, 6) is -1.02. The van der Waals surface area contributed by atoms with Gasteiger partial charge in [-0.15, -0.1) is 0 Å². The summed E-state index contributed by atoms with van der Waals surface area (Å²) in [6.07, 6.45) is -4.90. The molecule has 0 aliphatic heterocycles. The molecule has 3 rings (SSSR count). The van der Waals surface area contributed by atoms with E-state index in [2.05, 4.69) is 20.3 Å². The van der Waals surface area contributed by atoms with Gasteiger partial charge in [0.1, 0.15) is 5.82 Å². The summed E-state index contributed by atoms with van der Waals surface area (Å²) in [5, 5.41) is 2.49. The van der Waals surface area contributed by atoms with Gasteiger partial charge in [-0.3, -0.25) is 9.78 Å². The van der Waals surface area contributed by atoms with E-state index in [1.807, 2.05) is 6.07 Å². The van der Waals surface area contributed by atoms with E-state index in [1.165, 1.54) is 25.1 Å². The molecule has 2 N–H and O–H groups in total. The molecule has 11 heteroatoms. The number of hydrogen-bond acceptors (Lipinski definition) is 5. The number of amides is 1. The fourth-order valence-corrected chi connectivity index (χ4v) is 3.21. The Morgan fingerprint density at radius 1 is 1.15 bits per heavy atom. The smallest absolute Gasteiger partial charge is 0.358 e. The number of aromatic amines is 1. The third-order valence-corrected chi connectivity index (χ3v) is 5.16. The molecule has 1 atom stereocenters. The van der Waals surface area contributed by atoms with Crippen molar-refractivity contribution in [1.82, 2.24) is 20.3 Å². The van der Waals surface area contributed by atoms with E-state index in [-0.39, 0.29) is 29.8 Å². The van der Waals surface area contributed by atoms with E-state index < -0.39 is 23.4 Å². The molecule has 1 heterocycles. The number of rotatable bonds is 7. The standard InChI is InChI=1S/C22H20ClF3N4O3/c1-3-33-21(2,22(24,25)26)19(31)27-12-13-9-10-16(23)15(11-13)18-28-17(29-20(32)30-18)14-7-5-4-6-8-14/h4-11H,3,12H2,1-2H3,(H,27,31)(H,28,29,30,32). The van der Waals surface area contributed by atoms with Crippen LogP contribution in [0.4, 0.5) is 13.2 Å². The summed E-state index contributed by atoms with van der Waals surface area (Å²) in [4.78, 5) is 35.1. The molecule has 0 saturated carbocycles. The number of nitrogens with zero attached hydrogens (tertiary/aromatic N) is 2. The number of benzene rings is 2. The number of alkyl halides is 3. The Morgan fingerprint density at radius 2 is 1.85 bits per heavy atom. The molecule has 2 aromatic carbocycles. The first-order valence-corrected chi connectivity index (χ1v) is 10.2. The molecule has 33 heavy (non-hydrogen) atoms. The van der Waals surface area contributed by atoms with Gasteiger partial charge in [-0.1, -0.05) is 48.0 Å². The van der Waals surface area contributed by atoms with E-state index in [1.54, 1.807) is 24.3 Å². The van der Waals surface area contributed by atoms with Crippen LogP contribution in [-0.2, 0) is 16.1 Å². The highest BCUT2D eigenvalue weighted by Crippen LogP contribution is 2.34. The van der Waals surface area contributed by atoms with Crippen molar-refractivity contribution in [2.75, 3.05) is 6.61 Å². The van der Waals surface area contributed by atoms with Gasteiger partial charge in [-0.05, 0) is 31.5 Å². The first-order valence-electron chi connectivity index (χ1n) is 9.86. The number of nitrogens with one attached hydrogen (secondary N) is 2. The Bertz CT molecular complexity index is 1200. The lowest BCUT2D eigenvalue weighted by Gasteiger charge is -2.30. The maximum Gasteiger partial charge on any atom is 0.426 e. The van der Waals surface area contributed by atoms with Gasteiger partial charge in [-0.2, -0.15) is 18.2 Å². The maximum atomic E-state index is 13.4. The zero-order chi connectivity index (χ0) is 24.2. The van der Waals surface area contributed by atoms with Gasteiger partial charge in [0.15, 0.2) is 5.82 Å². The lowest BCUT2D eigenvalue weighted by molar-refractivity contribution is -0.260. The van der Waals surface area contributed by atoms with Crippen LogP contribution in [0.2, 0.25) is 5.02 Å². The van der Waals surface area contributed by atoms with Crippen molar-refractivity contribution in [3.8, 4) is 22.8 Å². The van der Waals surface area contributed by atoms with Crippen LogP contribution in [0.15, 0.2) is 53.3 Å². The van der Waals surface area contributed by atoms with Gasteiger partial charge in [0.05, 0.1) is 5.02 Å². The number of H-pyrrole nitrogens is 1. The van der Waals surface area contributed by atoms with Crippen molar-refractivity contribution in [3.05, 3.63) is 69.6 Å². The van der Waals surface area contributed by atoms with Gasteiger partial charge in [0.2, 0.25) is 5.60 Å². The molecular formula is C22H20ClF3N4O3. The number of aromatic nitrogens is 3. The Hall–Kier alpha value is -3.24. The molecule has 1 unspecified atom stereocenters. The predicted molar refractivity (Wildman–Crippen MR) is 116 cm³/mol. The zero-order valence-corrected chi connectivity index (χ0v) is 18.4. The van der Waals surface area contributed by atoms with Gasteiger partial charge in [0.25, 0.3) is 5.91 Å². The van der Waals surface area contributed by atoms with Crippen molar-refractivity contribution >= 4 is 17.5 Å². The molecule has 0 saturated heterocycles. The van der Waals surface area contributed by atoms with Gasteiger partial charge in [0, 0.05) is 24.3 Å². The summed E-state index contributed by atoms with van der Waals surface area (Å²) < 4.78 is 44.8. The molecule has 174 valence electrons. The lowest BCUT2D eigenvalue weighted by atomic mass is 10.0. The molecule has 0 bridgehead atoms. The van der Waals surface area contributed by atoms with Crippen LogP contribution < -0.4 is 11.0 Å².